The third-order valence-corrected chi connectivity index (χ3v) is 3.67. The standard InChI is InChI=1S/C10H8Cl2F2/c11-10(12)8(6-9(10,13)14)7-4-2-1-3-5-7/h1-5,8H,6H2. The molecule has 1 fully saturated rings. The van der Waals surface area contributed by atoms with E-state index in [-0.39, 0.29) is 6.42 Å². The van der Waals surface area contributed by atoms with Crippen LogP contribution in [-0.2, 0) is 0 Å². The normalized spacial score (nSPS) is 28.1. The van der Waals surface area contributed by atoms with Crippen LogP contribution in [0.15, 0.2) is 30.3 Å². The van der Waals surface area contributed by atoms with Crippen molar-refractivity contribution in [1.82, 2.24) is 0 Å². The number of hydrogen-bond acceptors (Lipinski definition) is 0. The Morgan fingerprint density at radius 1 is 1.14 bits per heavy atom. The van der Waals surface area contributed by atoms with Crippen molar-refractivity contribution in [2.24, 2.45) is 0 Å². The second-order valence-electron chi connectivity index (χ2n) is 3.49. The maximum atomic E-state index is 13.0. The van der Waals surface area contributed by atoms with Crippen LogP contribution in [0.3, 0.4) is 0 Å². The zero-order valence-electron chi connectivity index (χ0n) is 7.18. The average Bonchev–Trinajstić information content (AvgIpc) is 2.16. The van der Waals surface area contributed by atoms with Crippen LogP contribution in [0.2, 0.25) is 0 Å². The first-order chi connectivity index (χ1) is 6.45. The summed E-state index contributed by atoms with van der Waals surface area (Å²) in [6, 6.07) is 8.93. The summed E-state index contributed by atoms with van der Waals surface area (Å²) in [5.74, 6) is -3.45. The van der Waals surface area contributed by atoms with Gasteiger partial charge in [0.25, 0.3) is 5.92 Å². The van der Waals surface area contributed by atoms with Crippen molar-refractivity contribution in [1.29, 1.82) is 0 Å². The minimum absolute atomic E-state index is 0.274. The zero-order valence-corrected chi connectivity index (χ0v) is 8.69. The summed E-state index contributed by atoms with van der Waals surface area (Å²) < 4.78 is 24.0. The number of alkyl halides is 4. The van der Waals surface area contributed by atoms with Crippen LogP contribution in [0.4, 0.5) is 8.78 Å². The van der Waals surface area contributed by atoms with Crippen molar-refractivity contribution < 1.29 is 8.78 Å². The highest BCUT2D eigenvalue weighted by Crippen LogP contribution is 2.62. The van der Waals surface area contributed by atoms with Crippen LogP contribution in [0.25, 0.3) is 0 Å². The summed E-state index contributed by atoms with van der Waals surface area (Å²) in [6.07, 6.45) is -0.274. The predicted molar refractivity (Wildman–Crippen MR) is 53.2 cm³/mol. The van der Waals surface area contributed by atoms with Crippen molar-refractivity contribution in [3.63, 3.8) is 0 Å². The second-order valence-corrected chi connectivity index (χ2v) is 4.88. The topological polar surface area (TPSA) is 0 Å². The van der Waals surface area contributed by atoms with Gasteiger partial charge in [0.1, 0.15) is 0 Å². The summed E-state index contributed by atoms with van der Waals surface area (Å²) in [6.45, 7) is 0. The minimum Gasteiger partial charge on any atom is -0.203 e. The predicted octanol–water partition coefficient (Wildman–Crippen LogP) is 3.98. The van der Waals surface area contributed by atoms with Crippen LogP contribution in [0.1, 0.15) is 17.9 Å². The van der Waals surface area contributed by atoms with Gasteiger partial charge in [-0.3, -0.25) is 0 Å². The molecule has 0 spiro atoms. The number of rotatable bonds is 1. The van der Waals surface area contributed by atoms with E-state index in [1.54, 1.807) is 24.3 Å². The first-order valence-corrected chi connectivity index (χ1v) is 5.01. The molecule has 1 aromatic carbocycles. The molecule has 0 aromatic heterocycles. The molecule has 1 aliphatic rings. The lowest BCUT2D eigenvalue weighted by Gasteiger charge is -2.47. The molecule has 0 radical (unpaired) electrons. The van der Waals surface area contributed by atoms with Crippen molar-refractivity contribution in [3.05, 3.63) is 35.9 Å². The Morgan fingerprint density at radius 2 is 1.71 bits per heavy atom. The van der Waals surface area contributed by atoms with E-state index in [2.05, 4.69) is 0 Å². The van der Waals surface area contributed by atoms with E-state index in [1.807, 2.05) is 6.07 Å². The van der Waals surface area contributed by atoms with Gasteiger partial charge in [0, 0.05) is 12.3 Å². The monoisotopic (exact) mass is 236 g/mol. The van der Waals surface area contributed by atoms with E-state index >= 15 is 0 Å². The fourth-order valence-corrected chi connectivity index (χ4v) is 2.22. The largest absolute Gasteiger partial charge is 0.281 e. The SMILES string of the molecule is FC1(F)CC(c2ccccc2)C1(Cl)Cl. The molecule has 0 bridgehead atoms. The third-order valence-electron chi connectivity index (χ3n) is 2.59. The van der Waals surface area contributed by atoms with Gasteiger partial charge in [-0.2, -0.15) is 0 Å². The molecule has 1 atom stereocenters. The van der Waals surface area contributed by atoms with Crippen molar-refractivity contribution in [3.8, 4) is 0 Å². The molecule has 0 saturated heterocycles. The fourth-order valence-electron chi connectivity index (χ4n) is 1.66. The van der Waals surface area contributed by atoms with Gasteiger partial charge in [0.2, 0.25) is 0 Å². The average molecular weight is 237 g/mol. The van der Waals surface area contributed by atoms with E-state index in [0.29, 0.717) is 0 Å². The van der Waals surface area contributed by atoms with Crippen molar-refractivity contribution >= 4 is 23.2 Å². The molecule has 4 heteroatoms. The van der Waals surface area contributed by atoms with Gasteiger partial charge in [0.15, 0.2) is 4.33 Å². The highest BCUT2D eigenvalue weighted by molar-refractivity contribution is 6.50. The van der Waals surface area contributed by atoms with Gasteiger partial charge in [-0.1, -0.05) is 53.5 Å². The van der Waals surface area contributed by atoms with Gasteiger partial charge in [0.05, 0.1) is 0 Å². The zero-order chi connectivity index (χ0) is 10.4. The summed E-state index contributed by atoms with van der Waals surface area (Å²) >= 11 is 11.2. The summed E-state index contributed by atoms with van der Waals surface area (Å²) in [5, 5.41) is 0. The fraction of sp³-hybridized carbons (Fsp3) is 0.400. The molecule has 0 heterocycles. The van der Waals surface area contributed by atoms with Crippen LogP contribution < -0.4 is 0 Å². The highest BCUT2D eigenvalue weighted by Gasteiger charge is 2.67. The van der Waals surface area contributed by atoms with Gasteiger partial charge in [-0.05, 0) is 5.56 Å². The van der Waals surface area contributed by atoms with Crippen LogP contribution in [-0.4, -0.2) is 10.3 Å². The van der Waals surface area contributed by atoms with Gasteiger partial charge >= 0.3 is 0 Å². The minimum atomic E-state index is -2.98. The molecule has 76 valence electrons. The van der Waals surface area contributed by atoms with Gasteiger partial charge in [-0.25, -0.2) is 8.78 Å². The molecular weight excluding hydrogens is 229 g/mol. The van der Waals surface area contributed by atoms with E-state index in [0.717, 1.165) is 5.56 Å². The lowest BCUT2D eigenvalue weighted by Crippen LogP contribution is -2.55. The molecule has 2 rings (SSSR count). The van der Waals surface area contributed by atoms with Crippen LogP contribution in [0, 0.1) is 0 Å². The first kappa shape index (κ1) is 10.2. The maximum absolute atomic E-state index is 13.0. The molecule has 0 N–H and O–H groups in total. The molecule has 1 saturated carbocycles. The molecule has 0 amide bonds. The molecule has 14 heavy (non-hydrogen) atoms. The third kappa shape index (κ3) is 1.32. The van der Waals surface area contributed by atoms with Crippen molar-refractivity contribution in [2.75, 3.05) is 0 Å². The molecular formula is C10H8Cl2F2. The van der Waals surface area contributed by atoms with E-state index in [9.17, 15) is 8.78 Å². The van der Waals surface area contributed by atoms with Crippen molar-refractivity contribution in [2.45, 2.75) is 22.6 Å². The summed E-state index contributed by atoms with van der Waals surface area (Å²) in [4.78, 5) is 0. The number of benzene rings is 1. The van der Waals surface area contributed by atoms with Crippen LogP contribution >= 0.6 is 23.2 Å². The lowest BCUT2D eigenvalue weighted by atomic mass is 9.75. The Labute approximate surface area is 90.8 Å². The molecule has 0 aliphatic heterocycles. The number of halogens is 4. The molecule has 0 nitrogen and oxygen atoms in total. The Hall–Kier alpha value is -0.340. The summed E-state index contributed by atoms with van der Waals surface area (Å²) in [7, 11) is 0. The Balaban J connectivity index is 2.26. The smallest absolute Gasteiger partial charge is 0.203 e. The quantitative estimate of drug-likeness (QED) is 0.648. The molecule has 1 aromatic rings. The van der Waals surface area contributed by atoms with E-state index in [1.165, 1.54) is 0 Å². The Bertz CT molecular complexity index is 335. The Kier molecular flexibility index (Phi) is 2.24. The second kappa shape index (κ2) is 3.07. The summed E-state index contributed by atoms with van der Waals surface area (Å²) in [5.41, 5.74) is 0.767. The van der Waals surface area contributed by atoms with Gasteiger partial charge < -0.3 is 0 Å². The van der Waals surface area contributed by atoms with E-state index in [4.69, 9.17) is 23.2 Å². The number of hydrogen-bond donors (Lipinski definition) is 0. The van der Waals surface area contributed by atoms with E-state index < -0.39 is 16.2 Å². The maximum Gasteiger partial charge on any atom is 0.281 e. The Morgan fingerprint density at radius 3 is 2.14 bits per heavy atom. The van der Waals surface area contributed by atoms with Crippen LogP contribution in [0.5, 0.6) is 0 Å². The lowest BCUT2D eigenvalue weighted by molar-refractivity contribution is -0.0980. The first-order valence-electron chi connectivity index (χ1n) is 4.26. The molecule has 1 aliphatic carbocycles. The highest BCUT2D eigenvalue weighted by atomic mass is 35.5. The molecule has 1 unspecified atom stereocenters. The van der Waals surface area contributed by atoms with Gasteiger partial charge in [-0.15, -0.1) is 0 Å².